The average Bonchev–Trinajstić information content (AvgIpc) is 3.46. The Morgan fingerprint density at radius 1 is 0.902 bits per heavy atom. The fourth-order valence-corrected chi connectivity index (χ4v) is 6.69. The zero-order valence-corrected chi connectivity index (χ0v) is 25.4. The molecule has 9 heteroatoms. The monoisotopic (exact) mass is 595 g/mol. The van der Waals surface area contributed by atoms with E-state index in [2.05, 4.69) is 5.32 Å². The number of benzene rings is 3. The van der Waals surface area contributed by atoms with Crippen LogP contribution in [-0.2, 0) is 26.2 Å². The van der Waals surface area contributed by atoms with Gasteiger partial charge in [-0.25, -0.2) is 8.42 Å². The Hall–Kier alpha value is -3.36. The highest BCUT2D eigenvalue weighted by atomic mass is 35.5. The van der Waals surface area contributed by atoms with Gasteiger partial charge in [0.25, 0.3) is 10.0 Å². The Labute approximate surface area is 248 Å². The van der Waals surface area contributed by atoms with Crippen LogP contribution in [0, 0.1) is 13.8 Å². The van der Waals surface area contributed by atoms with Crippen LogP contribution < -0.4 is 9.62 Å². The van der Waals surface area contributed by atoms with Gasteiger partial charge in [-0.1, -0.05) is 78.9 Å². The van der Waals surface area contributed by atoms with Crippen molar-refractivity contribution in [1.82, 2.24) is 10.2 Å². The predicted molar refractivity (Wildman–Crippen MR) is 163 cm³/mol. The highest BCUT2D eigenvalue weighted by Gasteiger charge is 2.34. The predicted octanol–water partition coefficient (Wildman–Crippen LogP) is 6.02. The van der Waals surface area contributed by atoms with Crippen molar-refractivity contribution in [2.24, 2.45) is 0 Å². The van der Waals surface area contributed by atoms with Crippen molar-refractivity contribution >= 4 is 39.1 Å². The maximum atomic E-state index is 14.2. The number of hydrogen-bond acceptors (Lipinski definition) is 4. The number of rotatable bonds is 11. The summed E-state index contributed by atoms with van der Waals surface area (Å²) >= 11 is 6.10. The molecule has 0 aromatic heterocycles. The van der Waals surface area contributed by atoms with Gasteiger partial charge in [0.15, 0.2) is 0 Å². The number of anilines is 1. The maximum absolute atomic E-state index is 14.2. The van der Waals surface area contributed by atoms with Gasteiger partial charge in [-0.3, -0.25) is 13.9 Å². The van der Waals surface area contributed by atoms with Crippen LogP contribution in [0.25, 0.3) is 0 Å². The molecular formula is C32H38ClN3O4S. The van der Waals surface area contributed by atoms with E-state index in [4.69, 9.17) is 11.6 Å². The highest BCUT2D eigenvalue weighted by molar-refractivity contribution is 7.92. The first-order valence-electron chi connectivity index (χ1n) is 14.1. The number of halogens is 1. The second-order valence-corrected chi connectivity index (χ2v) is 13.0. The molecule has 1 N–H and O–H groups in total. The molecule has 1 atom stereocenters. The van der Waals surface area contributed by atoms with Gasteiger partial charge < -0.3 is 10.2 Å². The molecular weight excluding hydrogens is 558 g/mol. The van der Waals surface area contributed by atoms with Crippen molar-refractivity contribution in [2.75, 3.05) is 10.8 Å². The minimum absolute atomic E-state index is 0.0713. The maximum Gasteiger partial charge on any atom is 0.264 e. The number of sulfonamides is 1. The lowest BCUT2D eigenvalue weighted by atomic mass is 10.1. The summed E-state index contributed by atoms with van der Waals surface area (Å²) < 4.78 is 29.0. The van der Waals surface area contributed by atoms with Gasteiger partial charge in [0.2, 0.25) is 11.8 Å². The van der Waals surface area contributed by atoms with Crippen LogP contribution >= 0.6 is 11.6 Å². The molecule has 1 aliphatic rings. The van der Waals surface area contributed by atoms with Crippen molar-refractivity contribution in [3.63, 3.8) is 0 Å². The molecule has 0 radical (unpaired) electrons. The van der Waals surface area contributed by atoms with E-state index in [0.29, 0.717) is 17.1 Å². The van der Waals surface area contributed by atoms with E-state index in [1.165, 1.54) is 17.0 Å². The Bertz CT molecular complexity index is 1440. The van der Waals surface area contributed by atoms with Crippen LogP contribution in [0.15, 0.2) is 77.7 Å². The number of nitrogens with zero attached hydrogens (tertiary/aromatic N) is 2. The molecule has 0 aliphatic heterocycles. The van der Waals surface area contributed by atoms with Crippen molar-refractivity contribution in [2.45, 2.75) is 76.4 Å². The van der Waals surface area contributed by atoms with Crippen LogP contribution in [-0.4, -0.2) is 43.8 Å². The summed E-state index contributed by atoms with van der Waals surface area (Å²) in [6, 6.07) is 20.0. The lowest BCUT2D eigenvalue weighted by Gasteiger charge is -2.33. The smallest absolute Gasteiger partial charge is 0.264 e. The van der Waals surface area contributed by atoms with Crippen molar-refractivity contribution in [1.29, 1.82) is 0 Å². The average molecular weight is 596 g/mol. The van der Waals surface area contributed by atoms with Gasteiger partial charge in [-0.2, -0.15) is 0 Å². The number of carbonyl (C=O) groups is 2. The summed E-state index contributed by atoms with van der Waals surface area (Å²) in [5.74, 6) is -0.677. The van der Waals surface area contributed by atoms with E-state index in [-0.39, 0.29) is 23.4 Å². The van der Waals surface area contributed by atoms with Crippen LogP contribution in [0.3, 0.4) is 0 Å². The molecule has 0 bridgehead atoms. The molecule has 41 heavy (non-hydrogen) atoms. The molecule has 1 aliphatic carbocycles. The van der Waals surface area contributed by atoms with Crippen molar-refractivity contribution < 1.29 is 18.0 Å². The zero-order valence-electron chi connectivity index (χ0n) is 23.8. The Balaban J connectivity index is 1.70. The molecule has 7 nitrogen and oxygen atoms in total. The second kappa shape index (κ2) is 13.5. The van der Waals surface area contributed by atoms with Crippen LogP contribution in [0.1, 0.15) is 55.7 Å². The molecule has 218 valence electrons. The SMILES string of the molecule is CC[C@@H](C(=O)NC1CCCC1)N(Cc1ccc(C)cc1)C(=O)CN(c1ccc(Cl)cc1)S(=O)(=O)c1ccc(C)cc1. The summed E-state index contributed by atoms with van der Waals surface area (Å²) in [6.45, 7) is 5.43. The third-order valence-corrected chi connectivity index (χ3v) is 9.60. The standard InChI is InChI=1S/C32H38ClN3O4S/c1-4-30(32(38)34-27-7-5-6-8-27)35(21-25-13-9-23(2)10-14-25)31(37)22-36(28-17-15-26(33)16-18-28)41(39,40)29-19-11-24(3)12-20-29/h9-20,27,30H,4-8,21-22H2,1-3H3,(H,34,38)/t30-/m0/s1. The lowest BCUT2D eigenvalue weighted by molar-refractivity contribution is -0.140. The number of nitrogens with one attached hydrogen (secondary N) is 1. The summed E-state index contributed by atoms with van der Waals surface area (Å²) in [5, 5.41) is 3.58. The summed E-state index contributed by atoms with van der Waals surface area (Å²) in [6.07, 6.45) is 4.38. The van der Waals surface area contributed by atoms with Crippen molar-refractivity contribution in [3.05, 3.63) is 94.5 Å². The minimum atomic E-state index is -4.12. The highest BCUT2D eigenvalue weighted by Crippen LogP contribution is 2.27. The zero-order chi connectivity index (χ0) is 29.6. The molecule has 3 aromatic rings. The molecule has 0 saturated heterocycles. The van der Waals surface area contributed by atoms with Crippen LogP contribution in [0.5, 0.6) is 0 Å². The van der Waals surface area contributed by atoms with Crippen LogP contribution in [0.2, 0.25) is 5.02 Å². The van der Waals surface area contributed by atoms with Gasteiger partial charge in [0, 0.05) is 17.6 Å². The molecule has 2 amide bonds. The first kappa shape index (κ1) is 30.6. The Morgan fingerprint density at radius 3 is 2.02 bits per heavy atom. The largest absolute Gasteiger partial charge is 0.352 e. The summed E-state index contributed by atoms with van der Waals surface area (Å²) in [5.41, 5.74) is 3.16. The molecule has 0 unspecified atom stereocenters. The van der Waals surface area contributed by atoms with E-state index in [1.807, 2.05) is 45.0 Å². The minimum Gasteiger partial charge on any atom is -0.352 e. The van der Waals surface area contributed by atoms with E-state index < -0.39 is 28.5 Å². The van der Waals surface area contributed by atoms with Gasteiger partial charge in [-0.15, -0.1) is 0 Å². The number of aryl methyl sites for hydroxylation is 2. The Kier molecular flexibility index (Phi) is 10.1. The third kappa shape index (κ3) is 7.68. The summed E-state index contributed by atoms with van der Waals surface area (Å²) in [7, 11) is -4.12. The van der Waals surface area contributed by atoms with Crippen molar-refractivity contribution in [3.8, 4) is 0 Å². The van der Waals surface area contributed by atoms with E-state index in [9.17, 15) is 18.0 Å². The molecule has 1 fully saturated rings. The van der Waals surface area contributed by atoms with Crippen LogP contribution in [0.4, 0.5) is 5.69 Å². The third-order valence-electron chi connectivity index (χ3n) is 7.56. The topological polar surface area (TPSA) is 86.8 Å². The van der Waals surface area contributed by atoms with E-state index in [0.717, 1.165) is 46.7 Å². The first-order valence-corrected chi connectivity index (χ1v) is 15.9. The number of hydrogen-bond donors (Lipinski definition) is 1. The van der Waals surface area contributed by atoms with Gasteiger partial charge in [-0.05, 0) is 75.1 Å². The molecule has 4 rings (SSSR count). The van der Waals surface area contributed by atoms with E-state index >= 15 is 0 Å². The van der Waals surface area contributed by atoms with Gasteiger partial charge >= 0.3 is 0 Å². The fourth-order valence-electron chi connectivity index (χ4n) is 5.15. The van der Waals surface area contributed by atoms with Gasteiger partial charge in [0.1, 0.15) is 12.6 Å². The fraction of sp³-hybridized carbons (Fsp3) is 0.375. The first-order chi connectivity index (χ1) is 19.6. The molecule has 0 spiro atoms. The normalized spacial score (nSPS) is 14.4. The molecule has 1 saturated carbocycles. The summed E-state index contributed by atoms with van der Waals surface area (Å²) in [4.78, 5) is 29.3. The lowest BCUT2D eigenvalue weighted by Crippen LogP contribution is -2.53. The van der Waals surface area contributed by atoms with E-state index in [1.54, 1.807) is 36.4 Å². The Morgan fingerprint density at radius 2 is 1.46 bits per heavy atom. The molecule has 3 aromatic carbocycles. The van der Waals surface area contributed by atoms with Gasteiger partial charge in [0.05, 0.1) is 10.6 Å². The molecule has 0 heterocycles. The number of carbonyl (C=O) groups excluding carboxylic acids is 2. The number of amides is 2. The second-order valence-electron chi connectivity index (χ2n) is 10.7. The quantitative estimate of drug-likeness (QED) is 0.294.